The lowest BCUT2D eigenvalue weighted by Gasteiger charge is -2.34. The number of benzene rings is 2. The van der Waals surface area contributed by atoms with Crippen molar-refractivity contribution in [3.05, 3.63) is 73.8 Å². The number of hydrogen-bond donors (Lipinski definition) is 2. The Morgan fingerprint density at radius 2 is 1.11 bits per heavy atom. The van der Waals surface area contributed by atoms with Crippen LogP contribution in [0.3, 0.4) is 0 Å². The van der Waals surface area contributed by atoms with E-state index in [0.717, 1.165) is 35.7 Å². The number of hydrogen-bond acceptors (Lipinski definition) is 4. The van der Waals surface area contributed by atoms with Crippen LogP contribution in [0.2, 0.25) is 0 Å². The summed E-state index contributed by atoms with van der Waals surface area (Å²) >= 11 is 0. The third kappa shape index (κ3) is 5.81. The summed E-state index contributed by atoms with van der Waals surface area (Å²) in [6.45, 7) is 8.41. The number of anilines is 2. The standard InChI is InChI=1S/C24H30N2O2/c1-3-17-27-21-13-9-19(10-14-21)25-23-7-5-6-8-24(23)26-20-11-15-22(16-12-20)28-18-4-2/h3-4,9-16,23-26H,1-2,5-8,17-18H2/t23-,24-/m1/s1. The SMILES string of the molecule is C=CCOc1ccc(N[C@@H]2CCCC[C@H]2Nc2ccc(OCC=C)cc2)cc1. The van der Waals surface area contributed by atoms with Gasteiger partial charge in [-0.05, 0) is 61.4 Å². The van der Waals surface area contributed by atoms with E-state index in [2.05, 4.69) is 48.1 Å². The van der Waals surface area contributed by atoms with Crippen molar-refractivity contribution < 1.29 is 9.47 Å². The van der Waals surface area contributed by atoms with Crippen LogP contribution in [-0.4, -0.2) is 25.3 Å². The minimum Gasteiger partial charge on any atom is -0.490 e. The summed E-state index contributed by atoms with van der Waals surface area (Å²) in [5, 5.41) is 7.40. The van der Waals surface area contributed by atoms with Crippen LogP contribution in [0.4, 0.5) is 11.4 Å². The van der Waals surface area contributed by atoms with Gasteiger partial charge in [-0.25, -0.2) is 0 Å². The van der Waals surface area contributed by atoms with Crippen molar-refractivity contribution in [1.82, 2.24) is 0 Å². The Morgan fingerprint density at radius 1 is 0.714 bits per heavy atom. The highest BCUT2D eigenvalue weighted by Crippen LogP contribution is 2.27. The molecular formula is C24H30N2O2. The molecule has 0 radical (unpaired) electrons. The van der Waals surface area contributed by atoms with Gasteiger partial charge in [0.2, 0.25) is 0 Å². The van der Waals surface area contributed by atoms with Gasteiger partial charge in [0, 0.05) is 23.5 Å². The van der Waals surface area contributed by atoms with Crippen LogP contribution in [0.1, 0.15) is 25.7 Å². The molecule has 0 aromatic heterocycles. The summed E-state index contributed by atoms with van der Waals surface area (Å²) in [7, 11) is 0. The monoisotopic (exact) mass is 378 g/mol. The van der Waals surface area contributed by atoms with Gasteiger partial charge in [-0.15, -0.1) is 0 Å². The molecule has 2 N–H and O–H groups in total. The van der Waals surface area contributed by atoms with E-state index >= 15 is 0 Å². The molecule has 0 saturated heterocycles. The van der Waals surface area contributed by atoms with E-state index in [4.69, 9.17) is 9.47 Å². The lowest BCUT2D eigenvalue weighted by atomic mass is 9.90. The van der Waals surface area contributed by atoms with Crippen molar-refractivity contribution in [1.29, 1.82) is 0 Å². The predicted octanol–water partition coefficient (Wildman–Crippen LogP) is 5.65. The van der Waals surface area contributed by atoms with Gasteiger partial charge in [-0.1, -0.05) is 38.2 Å². The van der Waals surface area contributed by atoms with E-state index in [0.29, 0.717) is 25.3 Å². The molecule has 1 aliphatic rings. The summed E-state index contributed by atoms with van der Waals surface area (Å²) in [4.78, 5) is 0. The van der Waals surface area contributed by atoms with Crippen LogP contribution in [0.5, 0.6) is 11.5 Å². The fourth-order valence-electron chi connectivity index (χ4n) is 3.51. The highest BCUT2D eigenvalue weighted by atomic mass is 16.5. The van der Waals surface area contributed by atoms with E-state index in [9.17, 15) is 0 Å². The molecule has 1 saturated carbocycles. The van der Waals surface area contributed by atoms with Crippen LogP contribution >= 0.6 is 0 Å². The third-order valence-electron chi connectivity index (χ3n) is 4.91. The molecule has 0 spiro atoms. The molecule has 4 heteroatoms. The Balaban J connectivity index is 1.59. The summed E-state index contributed by atoms with van der Waals surface area (Å²) in [6.07, 6.45) is 8.33. The smallest absolute Gasteiger partial charge is 0.119 e. The quantitative estimate of drug-likeness (QED) is 0.524. The Bertz CT molecular complexity index is 675. The molecule has 2 aromatic rings. The van der Waals surface area contributed by atoms with Gasteiger partial charge < -0.3 is 20.1 Å². The van der Waals surface area contributed by atoms with E-state index in [1.807, 2.05) is 24.3 Å². The van der Waals surface area contributed by atoms with Crippen LogP contribution in [0.15, 0.2) is 73.8 Å². The molecule has 0 heterocycles. The first kappa shape index (κ1) is 19.9. The Hall–Kier alpha value is -2.88. The maximum atomic E-state index is 5.56. The highest BCUT2D eigenvalue weighted by Gasteiger charge is 2.25. The zero-order chi connectivity index (χ0) is 19.6. The molecular weight excluding hydrogens is 348 g/mol. The van der Waals surface area contributed by atoms with E-state index < -0.39 is 0 Å². The number of rotatable bonds is 10. The minimum absolute atomic E-state index is 0.394. The highest BCUT2D eigenvalue weighted by molar-refractivity contribution is 5.50. The predicted molar refractivity (Wildman–Crippen MR) is 118 cm³/mol. The van der Waals surface area contributed by atoms with Gasteiger partial charge in [0.15, 0.2) is 0 Å². The summed E-state index contributed by atoms with van der Waals surface area (Å²) in [5.41, 5.74) is 2.25. The average molecular weight is 379 g/mol. The fourth-order valence-corrected chi connectivity index (χ4v) is 3.51. The maximum Gasteiger partial charge on any atom is 0.119 e. The second-order valence-electron chi connectivity index (χ2n) is 7.03. The molecule has 148 valence electrons. The van der Waals surface area contributed by atoms with Gasteiger partial charge in [0.25, 0.3) is 0 Å². The number of nitrogens with one attached hydrogen (secondary N) is 2. The molecule has 1 aliphatic carbocycles. The third-order valence-corrected chi connectivity index (χ3v) is 4.91. The van der Waals surface area contributed by atoms with E-state index in [1.165, 1.54) is 12.8 Å². The minimum atomic E-state index is 0.394. The van der Waals surface area contributed by atoms with Crippen molar-refractivity contribution in [2.75, 3.05) is 23.8 Å². The number of ether oxygens (including phenoxy) is 2. The Kier molecular flexibility index (Phi) is 7.42. The molecule has 2 atom stereocenters. The van der Waals surface area contributed by atoms with Crippen molar-refractivity contribution in [2.45, 2.75) is 37.8 Å². The lowest BCUT2D eigenvalue weighted by Crippen LogP contribution is -2.41. The summed E-state index contributed by atoms with van der Waals surface area (Å²) in [6, 6.07) is 17.1. The molecule has 2 aromatic carbocycles. The summed E-state index contributed by atoms with van der Waals surface area (Å²) < 4.78 is 11.1. The molecule has 1 fully saturated rings. The van der Waals surface area contributed by atoms with Crippen molar-refractivity contribution in [3.8, 4) is 11.5 Å². The molecule has 0 amide bonds. The molecule has 3 rings (SSSR count). The van der Waals surface area contributed by atoms with Crippen molar-refractivity contribution in [3.63, 3.8) is 0 Å². The second kappa shape index (κ2) is 10.5. The van der Waals surface area contributed by atoms with E-state index in [1.54, 1.807) is 12.2 Å². The maximum absolute atomic E-state index is 5.56. The van der Waals surface area contributed by atoms with Gasteiger partial charge in [-0.2, -0.15) is 0 Å². The zero-order valence-corrected chi connectivity index (χ0v) is 16.4. The molecule has 0 aliphatic heterocycles. The first-order valence-electron chi connectivity index (χ1n) is 9.99. The fraction of sp³-hybridized carbons (Fsp3) is 0.333. The molecule has 28 heavy (non-hydrogen) atoms. The average Bonchev–Trinajstić information content (AvgIpc) is 2.74. The Morgan fingerprint density at radius 3 is 1.46 bits per heavy atom. The van der Waals surface area contributed by atoms with Gasteiger partial charge >= 0.3 is 0 Å². The van der Waals surface area contributed by atoms with E-state index in [-0.39, 0.29) is 0 Å². The van der Waals surface area contributed by atoms with Crippen LogP contribution in [0.25, 0.3) is 0 Å². The van der Waals surface area contributed by atoms with Crippen molar-refractivity contribution in [2.24, 2.45) is 0 Å². The van der Waals surface area contributed by atoms with Crippen LogP contribution in [0, 0.1) is 0 Å². The zero-order valence-electron chi connectivity index (χ0n) is 16.4. The van der Waals surface area contributed by atoms with Crippen LogP contribution < -0.4 is 20.1 Å². The Labute approximate surface area is 168 Å². The first-order chi connectivity index (χ1) is 13.8. The normalized spacial score (nSPS) is 18.7. The lowest BCUT2D eigenvalue weighted by molar-refractivity contribution is 0.363. The van der Waals surface area contributed by atoms with Crippen molar-refractivity contribution >= 4 is 11.4 Å². The van der Waals surface area contributed by atoms with Crippen LogP contribution in [-0.2, 0) is 0 Å². The second-order valence-corrected chi connectivity index (χ2v) is 7.03. The van der Waals surface area contributed by atoms with Gasteiger partial charge in [0.05, 0.1) is 0 Å². The molecule has 4 nitrogen and oxygen atoms in total. The summed E-state index contributed by atoms with van der Waals surface area (Å²) in [5.74, 6) is 1.73. The molecule has 0 bridgehead atoms. The van der Waals surface area contributed by atoms with Gasteiger partial charge in [0.1, 0.15) is 24.7 Å². The first-order valence-corrected chi connectivity index (χ1v) is 9.99. The molecule has 0 unspecified atom stereocenters. The van der Waals surface area contributed by atoms with Gasteiger partial charge in [-0.3, -0.25) is 0 Å². The largest absolute Gasteiger partial charge is 0.490 e. The topological polar surface area (TPSA) is 42.5 Å².